The van der Waals surface area contributed by atoms with Crippen LogP contribution in [0, 0.1) is 5.92 Å². The molecule has 0 aliphatic carbocycles. The van der Waals surface area contributed by atoms with Gasteiger partial charge in [-0.3, -0.25) is 0 Å². The maximum absolute atomic E-state index is 6.17. The van der Waals surface area contributed by atoms with Crippen LogP contribution in [-0.2, 0) is 0 Å². The van der Waals surface area contributed by atoms with Gasteiger partial charge in [0.25, 0.3) is 0 Å². The van der Waals surface area contributed by atoms with Gasteiger partial charge in [0.1, 0.15) is 0 Å². The van der Waals surface area contributed by atoms with Gasteiger partial charge in [0, 0.05) is 6.04 Å². The lowest BCUT2D eigenvalue weighted by atomic mass is 9.93. The highest BCUT2D eigenvalue weighted by Gasteiger charge is 2.10. The average molecular weight is 242 g/mol. The van der Waals surface area contributed by atoms with Crippen LogP contribution in [0.4, 0.5) is 0 Å². The van der Waals surface area contributed by atoms with Gasteiger partial charge in [-0.05, 0) is 31.7 Å². The van der Waals surface area contributed by atoms with E-state index in [4.69, 9.17) is 11.5 Å². The van der Waals surface area contributed by atoms with Crippen molar-refractivity contribution in [2.24, 2.45) is 17.4 Å². The molecule has 0 heterocycles. The quantitative estimate of drug-likeness (QED) is 0.511. The molecule has 0 saturated heterocycles. The second-order valence-corrected chi connectivity index (χ2v) is 5.48. The van der Waals surface area contributed by atoms with E-state index in [0.29, 0.717) is 12.0 Å². The molecule has 0 aliphatic heterocycles. The normalized spacial score (nSPS) is 14.8. The number of hydrogen-bond donors (Lipinski definition) is 2. The minimum Gasteiger partial charge on any atom is -0.330 e. The predicted molar refractivity (Wildman–Crippen MR) is 78.0 cm³/mol. The molecule has 4 N–H and O–H groups in total. The first kappa shape index (κ1) is 16.9. The van der Waals surface area contributed by atoms with Crippen LogP contribution < -0.4 is 11.5 Å². The monoisotopic (exact) mass is 242 g/mol. The van der Waals surface area contributed by atoms with E-state index in [1.807, 2.05) is 0 Å². The lowest BCUT2D eigenvalue weighted by Crippen LogP contribution is -2.27. The molecule has 0 aliphatic rings. The Bertz CT molecular complexity index is 148. The van der Waals surface area contributed by atoms with Gasteiger partial charge in [-0.2, -0.15) is 0 Å². The Morgan fingerprint density at radius 3 is 1.88 bits per heavy atom. The molecule has 2 atom stereocenters. The summed E-state index contributed by atoms with van der Waals surface area (Å²) in [6.07, 6.45) is 13.0. The molecule has 104 valence electrons. The molecule has 0 saturated carbocycles. The third-order valence-corrected chi connectivity index (χ3v) is 3.72. The molecule has 2 unspecified atom stereocenters. The number of rotatable bonds is 12. The van der Waals surface area contributed by atoms with Crippen LogP contribution in [0.5, 0.6) is 0 Å². The van der Waals surface area contributed by atoms with Gasteiger partial charge >= 0.3 is 0 Å². The van der Waals surface area contributed by atoms with Crippen LogP contribution >= 0.6 is 0 Å². The second kappa shape index (κ2) is 12.4. The summed E-state index contributed by atoms with van der Waals surface area (Å²) in [6.45, 7) is 5.38. The maximum atomic E-state index is 6.17. The third kappa shape index (κ3) is 10.8. The summed E-state index contributed by atoms with van der Waals surface area (Å²) in [6, 6.07) is 0.423. The van der Waals surface area contributed by atoms with Gasteiger partial charge in [0.05, 0.1) is 0 Å². The lowest BCUT2D eigenvalue weighted by Gasteiger charge is -2.18. The zero-order valence-electron chi connectivity index (χ0n) is 12.1. The Balaban J connectivity index is 3.21. The average Bonchev–Trinajstić information content (AvgIpc) is 2.32. The largest absolute Gasteiger partial charge is 0.330 e. The van der Waals surface area contributed by atoms with E-state index in [-0.39, 0.29) is 0 Å². The number of hydrogen-bond acceptors (Lipinski definition) is 2. The molecule has 17 heavy (non-hydrogen) atoms. The Hall–Kier alpha value is -0.0800. The van der Waals surface area contributed by atoms with E-state index in [2.05, 4.69) is 13.8 Å². The molecule has 0 amide bonds. The van der Waals surface area contributed by atoms with Crippen molar-refractivity contribution < 1.29 is 0 Å². The number of nitrogens with two attached hydrogens (primary N) is 2. The van der Waals surface area contributed by atoms with E-state index >= 15 is 0 Å². The molecule has 0 rings (SSSR count). The van der Waals surface area contributed by atoms with Gasteiger partial charge in [-0.25, -0.2) is 0 Å². The summed E-state index contributed by atoms with van der Waals surface area (Å²) in [7, 11) is 0. The summed E-state index contributed by atoms with van der Waals surface area (Å²) >= 11 is 0. The standard InChI is InChI=1S/C15H34N2/c1-3-11-14(2)15(17)12-9-7-5-4-6-8-10-13-16/h14-15H,3-13,16-17H2,1-2H3. The van der Waals surface area contributed by atoms with Crippen LogP contribution in [0.1, 0.15) is 78.1 Å². The van der Waals surface area contributed by atoms with Gasteiger partial charge in [0.15, 0.2) is 0 Å². The molecule has 2 heteroatoms. The van der Waals surface area contributed by atoms with Crippen molar-refractivity contribution in [3.63, 3.8) is 0 Å². The Labute approximate surface area is 109 Å². The lowest BCUT2D eigenvalue weighted by molar-refractivity contribution is 0.388. The molecule has 0 aromatic carbocycles. The Morgan fingerprint density at radius 2 is 1.35 bits per heavy atom. The topological polar surface area (TPSA) is 52.0 Å². The molecule has 0 fully saturated rings. The van der Waals surface area contributed by atoms with Crippen molar-refractivity contribution in [1.29, 1.82) is 0 Å². The molecular weight excluding hydrogens is 208 g/mol. The molecule has 0 aromatic rings. The van der Waals surface area contributed by atoms with Crippen LogP contribution in [-0.4, -0.2) is 12.6 Å². The maximum Gasteiger partial charge on any atom is 0.00645 e. The molecule has 0 bridgehead atoms. The van der Waals surface area contributed by atoms with Gasteiger partial charge in [-0.1, -0.05) is 58.8 Å². The third-order valence-electron chi connectivity index (χ3n) is 3.72. The van der Waals surface area contributed by atoms with E-state index in [1.54, 1.807) is 0 Å². The highest BCUT2D eigenvalue weighted by Crippen LogP contribution is 2.15. The van der Waals surface area contributed by atoms with Crippen molar-refractivity contribution in [2.45, 2.75) is 84.1 Å². The summed E-state index contributed by atoms with van der Waals surface area (Å²) < 4.78 is 0. The van der Waals surface area contributed by atoms with Gasteiger partial charge < -0.3 is 11.5 Å². The molecule has 0 aromatic heterocycles. The SMILES string of the molecule is CCCC(C)C(N)CCCCCCCCCN. The summed E-state index contributed by atoms with van der Waals surface area (Å²) in [5.74, 6) is 0.699. The highest BCUT2D eigenvalue weighted by molar-refractivity contribution is 4.68. The van der Waals surface area contributed by atoms with Crippen LogP contribution in [0.25, 0.3) is 0 Å². The predicted octanol–water partition coefficient (Wildman–Crippen LogP) is 3.83. The van der Waals surface area contributed by atoms with Crippen molar-refractivity contribution in [3.8, 4) is 0 Å². The molecule has 0 spiro atoms. The zero-order valence-corrected chi connectivity index (χ0v) is 12.1. The second-order valence-electron chi connectivity index (χ2n) is 5.48. The van der Waals surface area contributed by atoms with Crippen molar-refractivity contribution in [1.82, 2.24) is 0 Å². The highest BCUT2D eigenvalue weighted by atomic mass is 14.6. The summed E-state index contributed by atoms with van der Waals surface area (Å²) in [4.78, 5) is 0. The first-order valence-corrected chi connectivity index (χ1v) is 7.68. The fourth-order valence-electron chi connectivity index (χ4n) is 2.36. The first-order chi connectivity index (χ1) is 8.22. The fraction of sp³-hybridized carbons (Fsp3) is 1.00. The molecule has 2 nitrogen and oxygen atoms in total. The van der Waals surface area contributed by atoms with Crippen LogP contribution in [0.15, 0.2) is 0 Å². The van der Waals surface area contributed by atoms with E-state index in [9.17, 15) is 0 Å². The number of unbranched alkanes of at least 4 members (excludes halogenated alkanes) is 6. The minimum atomic E-state index is 0.423. The summed E-state index contributed by atoms with van der Waals surface area (Å²) in [5.41, 5.74) is 11.6. The summed E-state index contributed by atoms with van der Waals surface area (Å²) in [5, 5.41) is 0. The fourth-order valence-corrected chi connectivity index (χ4v) is 2.36. The zero-order chi connectivity index (χ0) is 12.9. The van der Waals surface area contributed by atoms with Crippen molar-refractivity contribution in [2.75, 3.05) is 6.54 Å². The van der Waals surface area contributed by atoms with Crippen molar-refractivity contribution >= 4 is 0 Å². The molecule has 0 radical (unpaired) electrons. The van der Waals surface area contributed by atoms with E-state index in [0.717, 1.165) is 6.54 Å². The van der Waals surface area contributed by atoms with Gasteiger partial charge in [0.2, 0.25) is 0 Å². The smallest absolute Gasteiger partial charge is 0.00645 e. The van der Waals surface area contributed by atoms with E-state index in [1.165, 1.54) is 64.2 Å². The molecular formula is C15H34N2. The van der Waals surface area contributed by atoms with Crippen LogP contribution in [0.2, 0.25) is 0 Å². The minimum absolute atomic E-state index is 0.423. The van der Waals surface area contributed by atoms with Gasteiger partial charge in [-0.15, -0.1) is 0 Å². The van der Waals surface area contributed by atoms with Crippen LogP contribution in [0.3, 0.4) is 0 Å². The Morgan fingerprint density at radius 1 is 0.824 bits per heavy atom. The van der Waals surface area contributed by atoms with Crippen molar-refractivity contribution in [3.05, 3.63) is 0 Å². The Kier molecular flexibility index (Phi) is 12.3. The van der Waals surface area contributed by atoms with E-state index < -0.39 is 0 Å². The first-order valence-electron chi connectivity index (χ1n) is 7.68.